The predicted octanol–water partition coefficient (Wildman–Crippen LogP) is 5.72. The number of hydrogen-bond donors (Lipinski definition) is 1. The van der Waals surface area contributed by atoms with E-state index in [1.165, 1.54) is 0 Å². The molecule has 0 aliphatic carbocycles. The summed E-state index contributed by atoms with van der Waals surface area (Å²) in [4.78, 5) is 12.6. The van der Waals surface area contributed by atoms with Crippen molar-refractivity contribution in [3.05, 3.63) is 112 Å². The molecule has 4 rings (SSSR count). The van der Waals surface area contributed by atoms with E-state index in [-0.39, 0.29) is 5.91 Å². The highest BCUT2D eigenvalue weighted by atomic mass is 35.5. The van der Waals surface area contributed by atoms with Gasteiger partial charge in [-0.25, -0.2) is 0 Å². The lowest BCUT2D eigenvalue weighted by atomic mass is 10.1. The van der Waals surface area contributed by atoms with Gasteiger partial charge in [0.05, 0.1) is 6.54 Å². The lowest BCUT2D eigenvalue weighted by Crippen LogP contribution is -2.13. The number of halogens is 1. The number of anilines is 1. The van der Waals surface area contributed by atoms with Gasteiger partial charge in [-0.05, 0) is 54.4 Å². The fraction of sp³-hybridized carbons (Fsp3) is 0.120. The van der Waals surface area contributed by atoms with Crippen LogP contribution in [0, 0.1) is 6.92 Å². The number of amides is 1. The Morgan fingerprint density at radius 2 is 1.68 bits per heavy atom. The molecule has 1 aromatic heterocycles. The van der Waals surface area contributed by atoms with E-state index in [2.05, 4.69) is 22.5 Å². The Hall–Kier alpha value is -3.57. The number of hydrogen-bond acceptors (Lipinski definition) is 3. The third kappa shape index (κ3) is 5.53. The molecule has 0 spiro atoms. The number of carbonyl (C=O) groups excluding carboxylic acids is 1. The van der Waals surface area contributed by atoms with E-state index < -0.39 is 0 Å². The van der Waals surface area contributed by atoms with Gasteiger partial charge in [-0.15, -0.1) is 0 Å². The van der Waals surface area contributed by atoms with E-state index in [9.17, 15) is 4.79 Å². The number of benzene rings is 3. The molecule has 0 saturated heterocycles. The van der Waals surface area contributed by atoms with Crippen molar-refractivity contribution in [2.45, 2.75) is 20.1 Å². The van der Waals surface area contributed by atoms with E-state index in [4.69, 9.17) is 16.3 Å². The van der Waals surface area contributed by atoms with E-state index in [0.717, 1.165) is 22.6 Å². The second kappa shape index (κ2) is 9.49. The van der Waals surface area contributed by atoms with Gasteiger partial charge in [0.25, 0.3) is 5.91 Å². The van der Waals surface area contributed by atoms with Crippen molar-refractivity contribution >= 4 is 23.3 Å². The molecule has 4 aromatic rings. The quantitative estimate of drug-likeness (QED) is 0.407. The highest BCUT2D eigenvalue weighted by molar-refractivity contribution is 6.30. The summed E-state index contributed by atoms with van der Waals surface area (Å²) in [6, 6.07) is 26.5. The second-order valence-corrected chi connectivity index (χ2v) is 7.64. The molecular weight excluding hydrogens is 410 g/mol. The number of carbonyl (C=O) groups is 1. The van der Waals surface area contributed by atoms with Gasteiger partial charge >= 0.3 is 0 Å². The monoisotopic (exact) mass is 431 g/mol. The molecule has 6 heteroatoms. The highest BCUT2D eigenvalue weighted by Crippen LogP contribution is 2.18. The normalized spacial score (nSPS) is 10.6. The molecule has 0 aliphatic rings. The van der Waals surface area contributed by atoms with Crippen LogP contribution in [-0.2, 0) is 13.2 Å². The summed E-state index contributed by atoms with van der Waals surface area (Å²) in [5.41, 5.74) is 3.66. The zero-order valence-electron chi connectivity index (χ0n) is 17.1. The maximum absolute atomic E-state index is 12.6. The molecule has 0 atom stereocenters. The topological polar surface area (TPSA) is 56.1 Å². The van der Waals surface area contributed by atoms with Crippen LogP contribution < -0.4 is 10.1 Å². The van der Waals surface area contributed by atoms with Gasteiger partial charge in [0, 0.05) is 22.3 Å². The fourth-order valence-corrected chi connectivity index (χ4v) is 3.25. The Labute approximate surface area is 186 Å². The molecule has 1 amide bonds. The first-order chi connectivity index (χ1) is 15.1. The van der Waals surface area contributed by atoms with E-state index in [1.807, 2.05) is 60.1 Å². The van der Waals surface area contributed by atoms with Gasteiger partial charge < -0.3 is 10.1 Å². The lowest BCUT2D eigenvalue weighted by Gasteiger charge is -2.07. The molecule has 31 heavy (non-hydrogen) atoms. The van der Waals surface area contributed by atoms with Crippen LogP contribution in [0.15, 0.2) is 84.9 Å². The molecule has 5 nitrogen and oxygen atoms in total. The first kappa shape index (κ1) is 20.7. The number of rotatable bonds is 7. The van der Waals surface area contributed by atoms with Crippen LogP contribution in [0.25, 0.3) is 0 Å². The van der Waals surface area contributed by atoms with Crippen molar-refractivity contribution in [1.29, 1.82) is 0 Å². The molecule has 0 bridgehead atoms. The van der Waals surface area contributed by atoms with Crippen molar-refractivity contribution in [3.63, 3.8) is 0 Å². The van der Waals surface area contributed by atoms with E-state index >= 15 is 0 Å². The van der Waals surface area contributed by atoms with E-state index in [0.29, 0.717) is 29.6 Å². The minimum Gasteiger partial charge on any atom is -0.489 e. The van der Waals surface area contributed by atoms with Gasteiger partial charge in [0.15, 0.2) is 5.82 Å². The van der Waals surface area contributed by atoms with E-state index in [1.54, 1.807) is 24.3 Å². The van der Waals surface area contributed by atoms with Crippen LogP contribution >= 0.6 is 11.6 Å². The molecule has 0 fully saturated rings. The molecule has 0 aliphatic heterocycles. The Bertz CT molecular complexity index is 1150. The molecular formula is C25H22ClN3O2. The standard InChI is InChI=1S/C25H22ClN3O2/c1-18-15-24(28-29(18)16-19-5-3-2-4-6-19)27-25(30)21-9-7-20(8-10-21)17-31-23-13-11-22(26)12-14-23/h2-15H,16-17H2,1H3,(H,27,28,30). The molecule has 156 valence electrons. The van der Waals surface area contributed by atoms with Crippen LogP contribution in [0.5, 0.6) is 5.75 Å². The minimum absolute atomic E-state index is 0.200. The van der Waals surface area contributed by atoms with Gasteiger partial charge in [-0.1, -0.05) is 54.1 Å². The van der Waals surface area contributed by atoms with Gasteiger partial charge in [0.2, 0.25) is 0 Å². The third-order valence-corrected chi connectivity index (χ3v) is 5.09. The van der Waals surface area contributed by atoms with Gasteiger partial charge in [-0.3, -0.25) is 9.48 Å². The number of nitrogens with one attached hydrogen (secondary N) is 1. The molecule has 0 saturated carbocycles. The second-order valence-electron chi connectivity index (χ2n) is 7.21. The number of aryl methyl sites for hydroxylation is 1. The summed E-state index contributed by atoms with van der Waals surface area (Å²) in [5.74, 6) is 1.08. The first-order valence-corrected chi connectivity index (χ1v) is 10.3. The Morgan fingerprint density at radius 1 is 0.968 bits per heavy atom. The maximum atomic E-state index is 12.6. The van der Waals surface area contributed by atoms with Crippen molar-refractivity contribution < 1.29 is 9.53 Å². The zero-order chi connectivity index (χ0) is 21.6. The number of aromatic nitrogens is 2. The summed E-state index contributed by atoms with van der Waals surface area (Å²) in [5, 5.41) is 8.06. The number of nitrogens with zero attached hydrogens (tertiary/aromatic N) is 2. The summed E-state index contributed by atoms with van der Waals surface area (Å²) in [6.07, 6.45) is 0. The Balaban J connectivity index is 1.35. The lowest BCUT2D eigenvalue weighted by molar-refractivity contribution is 0.102. The average molecular weight is 432 g/mol. The third-order valence-electron chi connectivity index (χ3n) is 4.83. The maximum Gasteiger partial charge on any atom is 0.256 e. The van der Waals surface area contributed by atoms with Crippen LogP contribution in [0.4, 0.5) is 5.82 Å². The average Bonchev–Trinajstić information content (AvgIpc) is 3.12. The van der Waals surface area contributed by atoms with Gasteiger partial charge in [-0.2, -0.15) is 5.10 Å². The summed E-state index contributed by atoms with van der Waals surface area (Å²) >= 11 is 5.88. The Morgan fingerprint density at radius 3 is 2.39 bits per heavy atom. The van der Waals surface area contributed by atoms with Crippen LogP contribution in [0.3, 0.4) is 0 Å². The summed E-state index contributed by atoms with van der Waals surface area (Å²) in [6.45, 7) is 3.04. The highest BCUT2D eigenvalue weighted by Gasteiger charge is 2.10. The minimum atomic E-state index is -0.200. The van der Waals surface area contributed by atoms with Crippen molar-refractivity contribution in [2.24, 2.45) is 0 Å². The Kier molecular flexibility index (Phi) is 6.34. The SMILES string of the molecule is Cc1cc(NC(=O)c2ccc(COc3ccc(Cl)cc3)cc2)nn1Cc1ccccc1. The van der Waals surface area contributed by atoms with Crippen molar-refractivity contribution in [3.8, 4) is 5.75 Å². The summed E-state index contributed by atoms with van der Waals surface area (Å²) < 4.78 is 7.61. The van der Waals surface area contributed by atoms with Crippen LogP contribution in [-0.4, -0.2) is 15.7 Å². The molecule has 0 unspecified atom stereocenters. The largest absolute Gasteiger partial charge is 0.489 e. The van der Waals surface area contributed by atoms with Crippen molar-refractivity contribution in [2.75, 3.05) is 5.32 Å². The zero-order valence-corrected chi connectivity index (χ0v) is 17.8. The number of ether oxygens (including phenoxy) is 1. The van der Waals surface area contributed by atoms with Gasteiger partial charge in [0.1, 0.15) is 12.4 Å². The summed E-state index contributed by atoms with van der Waals surface area (Å²) in [7, 11) is 0. The van der Waals surface area contributed by atoms with Crippen molar-refractivity contribution in [1.82, 2.24) is 9.78 Å². The molecule has 1 N–H and O–H groups in total. The van der Waals surface area contributed by atoms with Crippen LogP contribution in [0.2, 0.25) is 5.02 Å². The smallest absolute Gasteiger partial charge is 0.256 e. The first-order valence-electron chi connectivity index (χ1n) is 9.94. The molecule has 0 radical (unpaired) electrons. The fourth-order valence-electron chi connectivity index (χ4n) is 3.13. The molecule has 1 heterocycles. The van der Waals surface area contributed by atoms with Crippen LogP contribution in [0.1, 0.15) is 27.2 Å². The predicted molar refractivity (Wildman–Crippen MR) is 123 cm³/mol. The molecule has 3 aromatic carbocycles.